The van der Waals surface area contributed by atoms with Crippen LogP contribution < -0.4 is 0 Å². The van der Waals surface area contributed by atoms with Crippen molar-refractivity contribution >= 4 is 17.4 Å². The van der Waals surface area contributed by atoms with E-state index in [0.717, 1.165) is 17.3 Å². The Kier molecular flexibility index (Phi) is 3.56. The third-order valence-corrected chi connectivity index (χ3v) is 3.25. The largest absolute Gasteiger partial charge is 0.411 e. The van der Waals surface area contributed by atoms with Gasteiger partial charge in [0.15, 0.2) is 0 Å². The fraction of sp³-hybridized carbons (Fsp3) is 0. The van der Waals surface area contributed by atoms with Crippen molar-refractivity contribution in [1.29, 1.82) is 0 Å². The molecule has 3 aromatic heterocycles. The maximum absolute atomic E-state index is 10.5. The van der Waals surface area contributed by atoms with E-state index in [9.17, 15) is 10.1 Å². The molecule has 0 saturated carbocycles. The Morgan fingerprint density at radius 2 is 1.95 bits per heavy atom. The first-order valence-electron chi connectivity index (χ1n) is 5.74. The smallest absolute Gasteiger partial charge is 0.287 e. The van der Waals surface area contributed by atoms with E-state index in [-0.39, 0.29) is 5.69 Å². The van der Waals surface area contributed by atoms with Crippen LogP contribution in [0.25, 0.3) is 11.5 Å². The van der Waals surface area contributed by atoms with Gasteiger partial charge in [-0.25, -0.2) is 4.98 Å². The van der Waals surface area contributed by atoms with E-state index in [4.69, 9.17) is 4.42 Å². The van der Waals surface area contributed by atoms with Gasteiger partial charge in [0, 0.05) is 24.0 Å². The van der Waals surface area contributed by atoms with Gasteiger partial charge in [-0.3, -0.25) is 15.1 Å². The van der Waals surface area contributed by atoms with Gasteiger partial charge < -0.3 is 4.42 Å². The van der Waals surface area contributed by atoms with E-state index >= 15 is 0 Å². The van der Waals surface area contributed by atoms with Crippen LogP contribution in [0.3, 0.4) is 0 Å². The zero-order valence-electron chi connectivity index (χ0n) is 10.4. The summed E-state index contributed by atoms with van der Waals surface area (Å²) < 4.78 is 5.49. The highest BCUT2D eigenvalue weighted by Crippen LogP contribution is 2.28. The molecule has 8 nitrogen and oxygen atoms in total. The maximum Gasteiger partial charge on any atom is 0.287 e. The molecule has 0 radical (unpaired) electrons. The van der Waals surface area contributed by atoms with Crippen LogP contribution in [0.4, 0.5) is 5.69 Å². The minimum absolute atomic E-state index is 0.0673. The molecule has 3 aromatic rings. The Hall–Kier alpha value is -2.81. The van der Waals surface area contributed by atoms with Gasteiger partial charge in [-0.1, -0.05) is 0 Å². The van der Waals surface area contributed by atoms with Crippen LogP contribution in [-0.2, 0) is 0 Å². The van der Waals surface area contributed by atoms with Crippen LogP contribution in [0.15, 0.2) is 57.5 Å². The molecule has 0 atom stereocenters. The summed E-state index contributed by atoms with van der Waals surface area (Å²) in [7, 11) is 0. The Morgan fingerprint density at radius 3 is 2.62 bits per heavy atom. The number of hydrogen-bond donors (Lipinski definition) is 0. The first-order chi connectivity index (χ1) is 10.2. The van der Waals surface area contributed by atoms with Crippen molar-refractivity contribution < 1.29 is 9.34 Å². The molecule has 0 aliphatic heterocycles. The second kappa shape index (κ2) is 5.67. The third-order valence-electron chi connectivity index (χ3n) is 2.46. The molecule has 0 bridgehead atoms. The molecule has 9 heteroatoms. The summed E-state index contributed by atoms with van der Waals surface area (Å²) in [4.78, 5) is 17.9. The van der Waals surface area contributed by atoms with Gasteiger partial charge in [-0.05, 0) is 30.0 Å². The van der Waals surface area contributed by atoms with Crippen molar-refractivity contribution in [2.24, 2.45) is 0 Å². The lowest BCUT2D eigenvalue weighted by atomic mass is 10.3. The van der Waals surface area contributed by atoms with Crippen LogP contribution >= 0.6 is 11.8 Å². The van der Waals surface area contributed by atoms with E-state index in [1.807, 2.05) is 0 Å². The predicted octanol–water partition coefficient (Wildman–Crippen LogP) is 2.59. The maximum atomic E-state index is 10.5. The summed E-state index contributed by atoms with van der Waals surface area (Å²) in [5.74, 6) is 0.377. The molecular weight excluding hydrogens is 294 g/mol. The van der Waals surface area contributed by atoms with E-state index in [2.05, 4.69) is 20.2 Å². The highest BCUT2D eigenvalue weighted by Gasteiger charge is 2.12. The first kappa shape index (κ1) is 13.2. The fourth-order valence-corrected chi connectivity index (χ4v) is 2.12. The molecule has 0 aliphatic carbocycles. The molecule has 0 unspecified atom stereocenters. The van der Waals surface area contributed by atoms with E-state index in [1.54, 1.807) is 24.5 Å². The lowest BCUT2D eigenvalue weighted by Crippen LogP contribution is -1.89. The van der Waals surface area contributed by atoms with Crippen molar-refractivity contribution in [3.05, 3.63) is 53.0 Å². The van der Waals surface area contributed by atoms with E-state index in [1.165, 1.54) is 18.3 Å². The van der Waals surface area contributed by atoms with Gasteiger partial charge in [0.2, 0.25) is 5.89 Å². The number of aromatic nitrogens is 4. The lowest BCUT2D eigenvalue weighted by molar-refractivity contribution is -0.385. The summed E-state index contributed by atoms with van der Waals surface area (Å²) in [5, 5.41) is 19.2. The minimum atomic E-state index is -0.504. The Morgan fingerprint density at radius 1 is 1.14 bits per heavy atom. The van der Waals surface area contributed by atoms with Crippen LogP contribution in [0.2, 0.25) is 0 Å². The summed E-state index contributed by atoms with van der Waals surface area (Å²) in [5.41, 5.74) is 0.698. The summed E-state index contributed by atoms with van der Waals surface area (Å²) in [6.45, 7) is 0. The zero-order chi connectivity index (χ0) is 14.7. The average Bonchev–Trinajstić information content (AvgIpc) is 2.97. The van der Waals surface area contributed by atoms with Crippen molar-refractivity contribution in [2.75, 3.05) is 0 Å². The molecule has 0 spiro atoms. The van der Waals surface area contributed by atoms with Crippen LogP contribution in [-0.4, -0.2) is 25.1 Å². The van der Waals surface area contributed by atoms with Gasteiger partial charge in [0.1, 0.15) is 11.2 Å². The molecule has 21 heavy (non-hydrogen) atoms. The highest BCUT2D eigenvalue weighted by atomic mass is 32.2. The summed E-state index contributed by atoms with van der Waals surface area (Å²) >= 11 is 1.13. The van der Waals surface area contributed by atoms with Crippen LogP contribution in [0, 0.1) is 10.1 Å². The van der Waals surface area contributed by atoms with Gasteiger partial charge in [0.25, 0.3) is 10.9 Å². The van der Waals surface area contributed by atoms with Crippen LogP contribution in [0.5, 0.6) is 0 Å². The van der Waals surface area contributed by atoms with Crippen molar-refractivity contribution in [1.82, 2.24) is 20.2 Å². The third kappa shape index (κ3) is 3.03. The Labute approximate surface area is 122 Å². The molecule has 0 amide bonds. The summed E-state index contributed by atoms with van der Waals surface area (Å²) in [6, 6.07) is 6.41. The van der Waals surface area contributed by atoms with Crippen molar-refractivity contribution in [3.8, 4) is 11.5 Å². The normalized spacial score (nSPS) is 10.5. The second-order valence-corrected chi connectivity index (χ2v) is 4.79. The van der Waals surface area contributed by atoms with Gasteiger partial charge >= 0.3 is 0 Å². The summed E-state index contributed by atoms with van der Waals surface area (Å²) in [6.07, 6.45) is 4.44. The molecule has 0 aliphatic rings. The minimum Gasteiger partial charge on any atom is -0.411 e. The van der Waals surface area contributed by atoms with E-state index in [0.29, 0.717) is 16.1 Å². The fourth-order valence-electron chi connectivity index (χ4n) is 1.49. The number of nitro groups is 1. The van der Waals surface area contributed by atoms with Gasteiger partial charge in [-0.2, -0.15) is 0 Å². The van der Waals surface area contributed by atoms with Crippen LogP contribution in [0.1, 0.15) is 0 Å². The molecular formula is C12H7N5O3S. The monoisotopic (exact) mass is 301 g/mol. The number of hydrogen-bond acceptors (Lipinski definition) is 8. The quantitative estimate of drug-likeness (QED) is 0.534. The van der Waals surface area contributed by atoms with Gasteiger partial charge in [-0.15, -0.1) is 10.2 Å². The molecule has 3 rings (SSSR count). The number of rotatable bonds is 4. The number of pyridine rings is 2. The topological polar surface area (TPSA) is 108 Å². The molecule has 0 saturated heterocycles. The van der Waals surface area contributed by atoms with Gasteiger partial charge in [0.05, 0.1) is 4.92 Å². The molecule has 104 valence electrons. The SMILES string of the molecule is O=[N+]([O-])c1ccc(Sc2nnc(-c3ccncc3)o2)nc1. The lowest BCUT2D eigenvalue weighted by Gasteiger charge is -1.95. The Balaban J connectivity index is 1.77. The Bertz CT molecular complexity index is 760. The van der Waals surface area contributed by atoms with E-state index < -0.39 is 4.92 Å². The molecule has 0 fully saturated rings. The average molecular weight is 301 g/mol. The molecule has 0 N–H and O–H groups in total. The standard InChI is InChI=1S/C12H7N5O3S/c18-17(19)9-1-2-10(14-7-9)21-12-16-15-11(20-12)8-3-5-13-6-4-8/h1-7H. The molecule has 3 heterocycles. The zero-order valence-corrected chi connectivity index (χ0v) is 11.2. The number of nitrogens with zero attached hydrogens (tertiary/aromatic N) is 5. The van der Waals surface area contributed by atoms with Crippen molar-refractivity contribution in [2.45, 2.75) is 10.2 Å². The van der Waals surface area contributed by atoms with Crippen molar-refractivity contribution in [3.63, 3.8) is 0 Å². The highest BCUT2D eigenvalue weighted by molar-refractivity contribution is 7.99. The first-order valence-corrected chi connectivity index (χ1v) is 6.56. The molecule has 0 aromatic carbocycles. The second-order valence-electron chi connectivity index (χ2n) is 3.82. The predicted molar refractivity (Wildman–Crippen MR) is 72.5 cm³/mol.